The van der Waals surface area contributed by atoms with Gasteiger partial charge in [-0.2, -0.15) is 0 Å². The Labute approximate surface area is 126 Å². The van der Waals surface area contributed by atoms with Crippen LogP contribution in [0.4, 0.5) is 4.39 Å². The molecule has 0 bridgehead atoms. The summed E-state index contributed by atoms with van der Waals surface area (Å²) in [7, 11) is 0. The Hall–Kier alpha value is -1.60. The molecule has 3 rings (SSSR count). The molecule has 112 valence electrons. The fraction of sp³-hybridized carbons (Fsp3) is 0.429. The van der Waals surface area contributed by atoms with Crippen LogP contribution in [0.25, 0.3) is 0 Å². The fourth-order valence-corrected chi connectivity index (χ4v) is 2.90. The van der Waals surface area contributed by atoms with Gasteiger partial charge in [-0.1, -0.05) is 23.9 Å². The van der Waals surface area contributed by atoms with Crippen molar-refractivity contribution in [2.75, 3.05) is 12.4 Å². The molecule has 1 aliphatic carbocycles. The zero-order chi connectivity index (χ0) is 14.7. The minimum Gasteiger partial charge on any atom is -0.490 e. The second kappa shape index (κ2) is 6.44. The molecular weight excluding hydrogens is 293 g/mol. The van der Waals surface area contributed by atoms with Gasteiger partial charge in [-0.25, -0.2) is 4.39 Å². The molecule has 1 saturated carbocycles. The Morgan fingerprint density at radius 2 is 2.14 bits per heavy atom. The summed E-state index contributed by atoms with van der Waals surface area (Å²) in [6.07, 6.45) is 2.20. The first-order chi connectivity index (χ1) is 10.3. The lowest BCUT2D eigenvalue weighted by Crippen LogP contribution is -2.05. The zero-order valence-corrected chi connectivity index (χ0v) is 12.2. The average Bonchev–Trinajstić information content (AvgIpc) is 3.25. The van der Waals surface area contributed by atoms with Crippen LogP contribution in [0.15, 0.2) is 29.4 Å². The minimum absolute atomic E-state index is 0.101. The Morgan fingerprint density at radius 3 is 2.86 bits per heavy atom. The third-order valence-corrected chi connectivity index (χ3v) is 4.10. The zero-order valence-electron chi connectivity index (χ0n) is 11.4. The number of rotatable bonds is 7. The highest BCUT2D eigenvalue weighted by Crippen LogP contribution is 2.38. The predicted molar refractivity (Wildman–Crippen MR) is 76.8 cm³/mol. The molecule has 1 heterocycles. The van der Waals surface area contributed by atoms with E-state index in [0.29, 0.717) is 24.2 Å². The van der Waals surface area contributed by atoms with Crippen LogP contribution in [-0.4, -0.2) is 32.2 Å². The number of para-hydroxylation sites is 1. The first-order valence-corrected chi connectivity index (χ1v) is 7.83. The van der Waals surface area contributed by atoms with Crippen LogP contribution < -0.4 is 4.74 Å². The standard InChI is InChI=1S/C14H16FN3O2S/c15-11-3-1-2-4-12(11)20-7-8-21-14-17-16-13(9-19)18(14)10-5-6-10/h1-4,10,19H,5-9H2. The predicted octanol–water partition coefficient (Wildman–Crippen LogP) is 2.42. The van der Waals surface area contributed by atoms with Crippen molar-refractivity contribution in [2.45, 2.75) is 30.6 Å². The number of hydrogen-bond acceptors (Lipinski definition) is 5. The molecule has 0 amide bonds. The van der Waals surface area contributed by atoms with E-state index in [1.165, 1.54) is 17.8 Å². The Morgan fingerprint density at radius 1 is 1.33 bits per heavy atom. The van der Waals surface area contributed by atoms with Gasteiger partial charge in [0.05, 0.1) is 6.61 Å². The fourth-order valence-electron chi connectivity index (χ4n) is 2.06. The van der Waals surface area contributed by atoms with Crippen LogP contribution in [0, 0.1) is 5.82 Å². The highest BCUT2D eigenvalue weighted by atomic mass is 32.2. The van der Waals surface area contributed by atoms with Crippen LogP contribution in [0.5, 0.6) is 5.75 Å². The van der Waals surface area contributed by atoms with Crippen molar-refractivity contribution in [1.82, 2.24) is 14.8 Å². The minimum atomic E-state index is -0.355. The summed E-state index contributed by atoms with van der Waals surface area (Å²) in [6.45, 7) is 0.285. The van der Waals surface area contributed by atoms with E-state index >= 15 is 0 Å². The van der Waals surface area contributed by atoms with E-state index in [0.717, 1.165) is 18.0 Å². The van der Waals surface area contributed by atoms with Crippen molar-refractivity contribution in [3.63, 3.8) is 0 Å². The number of ether oxygens (including phenoxy) is 1. The first-order valence-electron chi connectivity index (χ1n) is 6.84. The third kappa shape index (κ3) is 3.36. The summed E-state index contributed by atoms with van der Waals surface area (Å²) in [5.41, 5.74) is 0. The molecule has 0 aliphatic heterocycles. The van der Waals surface area contributed by atoms with Crippen LogP contribution in [-0.2, 0) is 6.61 Å². The number of halogens is 1. The lowest BCUT2D eigenvalue weighted by Gasteiger charge is -2.08. The Balaban J connectivity index is 1.54. The van der Waals surface area contributed by atoms with E-state index in [4.69, 9.17) is 4.74 Å². The average molecular weight is 309 g/mol. The maximum Gasteiger partial charge on any atom is 0.191 e. The van der Waals surface area contributed by atoms with Gasteiger partial charge in [0, 0.05) is 11.8 Å². The largest absolute Gasteiger partial charge is 0.490 e. The molecule has 21 heavy (non-hydrogen) atoms. The first kappa shape index (κ1) is 14.3. The summed E-state index contributed by atoms with van der Waals surface area (Å²) in [6, 6.07) is 6.77. The second-order valence-electron chi connectivity index (χ2n) is 4.79. The van der Waals surface area contributed by atoms with Gasteiger partial charge in [0.15, 0.2) is 22.5 Å². The molecule has 1 aromatic carbocycles. The topological polar surface area (TPSA) is 60.2 Å². The highest BCUT2D eigenvalue weighted by molar-refractivity contribution is 7.99. The lowest BCUT2D eigenvalue weighted by atomic mass is 10.3. The molecule has 1 aliphatic rings. The van der Waals surface area contributed by atoms with Crippen molar-refractivity contribution < 1.29 is 14.2 Å². The quantitative estimate of drug-likeness (QED) is 0.629. The monoisotopic (exact) mass is 309 g/mol. The molecule has 0 spiro atoms. The van der Waals surface area contributed by atoms with Crippen molar-refractivity contribution in [3.8, 4) is 5.75 Å². The molecule has 0 atom stereocenters. The number of aromatic nitrogens is 3. The maximum absolute atomic E-state index is 13.4. The normalized spacial score (nSPS) is 14.4. The van der Waals surface area contributed by atoms with E-state index < -0.39 is 0 Å². The van der Waals surface area contributed by atoms with Crippen LogP contribution >= 0.6 is 11.8 Å². The van der Waals surface area contributed by atoms with E-state index in [9.17, 15) is 9.50 Å². The molecular formula is C14H16FN3O2S. The van der Waals surface area contributed by atoms with Gasteiger partial charge >= 0.3 is 0 Å². The molecule has 1 aromatic heterocycles. The number of aliphatic hydroxyl groups excluding tert-OH is 1. The number of nitrogens with zero attached hydrogens (tertiary/aromatic N) is 3. The maximum atomic E-state index is 13.4. The van der Waals surface area contributed by atoms with Gasteiger partial charge in [-0.15, -0.1) is 10.2 Å². The van der Waals surface area contributed by atoms with Crippen LogP contribution in [0.1, 0.15) is 24.7 Å². The highest BCUT2D eigenvalue weighted by Gasteiger charge is 2.29. The molecule has 2 aromatic rings. The summed E-state index contributed by atoms with van der Waals surface area (Å²) in [4.78, 5) is 0. The van der Waals surface area contributed by atoms with Gasteiger partial charge in [-0.05, 0) is 25.0 Å². The Bertz CT molecular complexity index is 616. The van der Waals surface area contributed by atoms with Crippen LogP contribution in [0.3, 0.4) is 0 Å². The number of aliphatic hydroxyl groups is 1. The Kier molecular flexibility index (Phi) is 4.40. The second-order valence-corrected chi connectivity index (χ2v) is 5.85. The van der Waals surface area contributed by atoms with Crippen molar-refractivity contribution in [2.24, 2.45) is 0 Å². The molecule has 5 nitrogen and oxygen atoms in total. The molecule has 0 saturated heterocycles. The summed E-state index contributed by atoms with van der Waals surface area (Å²) in [5.74, 6) is 1.16. The number of benzene rings is 1. The molecule has 1 fully saturated rings. The SMILES string of the molecule is OCc1nnc(SCCOc2ccccc2F)n1C1CC1. The van der Waals surface area contributed by atoms with Crippen molar-refractivity contribution >= 4 is 11.8 Å². The van der Waals surface area contributed by atoms with Gasteiger partial charge in [0.25, 0.3) is 0 Å². The van der Waals surface area contributed by atoms with Gasteiger partial charge in [-0.3, -0.25) is 0 Å². The summed E-state index contributed by atoms with van der Waals surface area (Å²) >= 11 is 1.51. The van der Waals surface area contributed by atoms with Gasteiger partial charge in [0.1, 0.15) is 6.61 Å². The smallest absolute Gasteiger partial charge is 0.191 e. The van der Waals surface area contributed by atoms with Crippen LogP contribution in [0.2, 0.25) is 0 Å². The van der Waals surface area contributed by atoms with Crippen molar-refractivity contribution in [1.29, 1.82) is 0 Å². The van der Waals surface area contributed by atoms with E-state index in [1.54, 1.807) is 18.2 Å². The molecule has 0 unspecified atom stereocenters. The van der Waals surface area contributed by atoms with Crippen molar-refractivity contribution in [3.05, 3.63) is 35.9 Å². The summed E-state index contributed by atoms with van der Waals surface area (Å²) < 4.78 is 20.8. The number of hydrogen-bond donors (Lipinski definition) is 1. The van der Waals surface area contributed by atoms with E-state index in [1.807, 2.05) is 4.57 Å². The van der Waals surface area contributed by atoms with E-state index in [-0.39, 0.29) is 18.2 Å². The van der Waals surface area contributed by atoms with E-state index in [2.05, 4.69) is 10.2 Å². The third-order valence-electron chi connectivity index (χ3n) is 3.20. The van der Waals surface area contributed by atoms with Gasteiger partial charge in [0.2, 0.25) is 0 Å². The lowest BCUT2D eigenvalue weighted by molar-refractivity contribution is 0.263. The molecule has 1 N–H and O–H groups in total. The molecule has 0 radical (unpaired) electrons. The number of thioether (sulfide) groups is 1. The van der Waals surface area contributed by atoms with Gasteiger partial charge < -0.3 is 14.4 Å². The summed E-state index contributed by atoms with van der Waals surface area (Å²) in [5, 5.41) is 18.1. The molecule has 7 heteroatoms.